The summed E-state index contributed by atoms with van der Waals surface area (Å²) < 4.78 is 50.0. The third kappa shape index (κ3) is 11.5. The SMILES string of the molecule is CC(=O)OC[C@H]1O[C@@H](Oc2c(OC(C)=O)c(=O)oc3cc(OCC=C(C)CCC=C(C)C)ccc23)[C@H](OC(C)=O)[C@@H](OC(C)=O)[C@@H]1OC(C)=O. The van der Waals surface area contributed by atoms with E-state index in [-0.39, 0.29) is 23.3 Å². The van der Waals surface area contributed by atoms with Crippen LogP contribution in [0.25, 0.3) is 11.0 Å². The Kier molecular flexibility index (Phi) is 14.1. The molecule has 1 aliphatic rings. The lowest BCUT2D eigenvalue weighted by molar-refractivity contribution is -0.288. The van der Waals surface area contributed by atoms with Gasteiger partial charge in [-0.2, -0.15) is 0 Å². The quantitative estimate of drug-likeness (QED) is 0.117. The Bertz CT molecular complexity index is 1700. The molecule has 1 saturated heterocycles. The van der Waals surface area contributed by atoms with E-state index in [0.717, 1.165) is 53.0 Å². The largest absolute Gasteiger partial charge is 0.489 e. The molecule has 0 radical (unpaired) electrons. The number of hydrogen-bond donors (Lipinski definition) is 0. The summed E-state index contributed by atoms with van der Waals surface area (Å²) in [6.45, 7) is 11.2. The van der Waals surface area contributed by atoms with Crippen molar-refractivity contribution in [2.45, 2.75) is 98.9 Å². The molecule has 3 rings (SSSR count). The van der Waals surface area contributed by atoms with E-state index in [0.29, 0.717) is 5.75 Å². The third-order valence-electron chi connectivity index (χ3n) is 6.99. The molecule has 15 nitrogen and oxygen atoms in total. The average Bonchev–Trinajstić information content (AvgIpc) is 2.99. The first-order valence-corrected chi connectivity index (χ1v) is 15.7. The Hall–Kier alpha value is -5.18. The summed E-state index contributed by atoms with van der Waals surface area (Å²) >= 11 is 0. The molecular formula is C35H42O15. The van der Waals surface area contributed by atoms with Crippen LogP contribution in [0.5, 0.6) is 17.2 Å². The van der Waals surface area contributed by atoms with Gasteiger partial charge < -0.3 is 42.3 Å². The van der Waals surface area contributed by atoms with Crippen LogP contribution < -0.4 is 19.8 Å². The predicted molar refractivity (Wildman–Crippen MR) is 174 cm³/mol. The summed E-state index contributed by atoms with van der Waals surface area (Å²) in [5.74, 6) is -4.84. The molecule has 2 aromatic rings. The van der Waals surface area contributed by atoms with Crippen molar-refractivity contribution in [2.24, 2.45) is 0 Å². The minimum Gasteiger partial charge on any atom is -0.489 e. The van der Waals surface area contributed by atoms with E-state index in [1.165, 1.54) is 17.7 Å². The molecule has 0 aliphatic carbocycles. The van der Waals surface area contributed by atoms with Gasteiger partial charge in [-0.1, -0.05) is 17.2 Å². The standard InChI is InChI=1S/C35H42O15/c1-18(2)10-9-11-19(3)14-15-42-25-12-13-26-27(16-25)48-34(41)32(46-23(7)39)29(26)50-35-33(47-24(8)40)31(45-22(6)38)30(44-21(5)37)28(49-35)17-43-20(4)36/h10,12-14,16,28,30-31,33,35H,9,11,15,17H2,1-8H3/t28-,30-,31+,33-,35+/m1/s1. The highest BCUT2D eigenvalue weighted by molar-refractivity contribution is 5.87. The Balaban J connectivity index is 2.09. The second-order valence-corrected chi connectivity index (χ2v) is 11.7. The molecule has 50 heavy (non-hydrogen) atoms. The van der Waals surface area contributed by atoms with E-state index in [1.54, 1.807) is 6.07 Å². The maximum atomic E-state index is 13.2. The Morgan fingerprint density at radius 2 is 1.40 bits per heavy atom. The average molecular weight is 703 g/mol. The number of carbonyl (C=O) groups is 5. The highest BCUT2D eigenvalue weighted by Gasteiger charge is 2.53. The van der Waals surface area contributed by atoms with Gasteiger partial charge in [0, 0.05) is 40.7 Å². The Labute approximate surface area is 288 Å². The van der Waals surface area contributed by atoms with Crippen molar-refractivity contribution in [3.8, 4) is 17.2 Å². The van der Waals surface area contributed by atoms with Crippen molar-refractivity contribution in [1.29, 1.82) is 0 Å². The number of carbonyl (C=O) groups excluding carboxylic acids is 5. The van der Waals surface area contributed by atoms with E-state index in [2.05, 4.69) is 6.08 Å². The number of allylic oxidation sites excluding steroid dienone is 3. The van der Waals surface area contributed by atoms with Gasteiger partial charge in [-0.05, 0) is 51.8 Å². The molecule has 0 unspecified atom stereocenters. The van der Waals surface area contributed by atoms with Crippen LogP contribution in [-0.4, -0.2) is 73.8 Å². The molecule has 1 aromatic carbocycles. The van der Waals surface area contributed by atoms with Crippen molar-refractivity contribution >= 4 is 40.8 Å². The van der Waals surface area contributed by atoms with E-state index in [1.807, 2.05) is 26.8 Å². The Morgan fingerprint density at radius 1 is 0.760 bits per heavy atom. The highest BCUT2D eigenvalue weighted by Crippen LogP contribution is 2.38. The normalized spacial score (nSPS) is 20.2. The molecule has 15 heteroatoms. The van der Waals surface area contributed by atoms with Gasteiger partial charge in [-0.3, -0.25) is 24.0 Å². The molecule has 5 atom stereocenters. The molecule has 0 amide bonds. The van der Waals surface area contributed by atoms with Crippen molar-refractivity contribution in [1.82, 2.24) is 0 Å². The second kappa shape index (κ2) is 18.0. The molecule has 0 bridgehead atoms. The lowest BCUT2D eigenvalue weighted by atomic mass is 9.98. The summed E-state index contributed by atoms with van der Waals surface area (Å²) in [5.41, 5.74) is 1.22. The lowest BCUT2D eigenvalue weighted by Gasteiger charge is -2.44. The first kappa shape index (κ1) is 39.3. The zero-order valence-electron chi connectivity index (χ0n) is 29.2. The molecule has 2 heterocycles. The third-order valence-corrected chi connectivity index (χ3v) is 6.99. The van der Waals surface area contributed by atoms with Crippen molar-refractivity contribution in [3.63, 3.8) is 0 Å². The van der Waals surface area contributed by atoms with E-state index < -0.39 is 78.5 Å². The van der Waals surface area contributed by atoms with Gasteiger partial charge in [0.1, 0.15) is 30.7 Å². The number of fused-ring (bicyclic) bond motifs is 1. The molecule has 0 spiro atoms. The summed E-state index contributed by atoms with van der Waals surface area (Å²) in [6, 6.07) is 4.47. The van der Waals surface area contributed by atoms with Gasteiger partial charge in [0.25, 0.3) is 5.75 Å². The van der Waals surface area contributed by atoms with Gasteiger partial charge in [0.05, 0.1) is 5.39 Å². The molecule has 272 valence electrons. The fourth-order valence-electron chi connectivity index (χ4n) is 4.94. The van der Waals surface area contributed by atoms with Crippen LogP contribution in [0.1, 0.15) is 68.2 Å². The summed E-state index contributed by atoms with van der Waals surface area (Å²) in [7, 11) is 0. The number of rotatable bonds is 14. The first-order valence-electron chi connectivity index (χ1n) is 15.7. The van der Waals surface area contributed by atoms with Crippen LogP contribution in [-0.2, 0) is 47.7 Å². The zero-order valence-corrected chi connectivity index (χ0v) is 29.2. The van der Waals surface area contributed by atoms with Gasteiger partial charge in [0.2, 0.25) is 12.4 Å². The number of hydrogen-bond acceptors (Lipinski definition) is 15. The monoisotopic (exact) mass is 702 g/mol. The molecule has 1 aromatic heterocycles. The van der Waals surface area contributed by atoms with E-state index in [9.17, 15) is 28.8 Å². The van der Waals surface area contributed by atoms with Crippen molar-refractivity contribution in [3.05, 3.63) is 51.9 Å². The maximum absolute atomic E-state index is 13.2. The highest BCUT2D eigenvalue weighted by atomic mass is 16.7. The van der Waals surface area contributed by atoms with Crippen LogP contribution in [0.3, 0.4) is 0 Å². The topological polar surface area (TPSA) is 189 Å². The summed E-state index contributed by atoms with van der Waals surface area (Å²) in [4.78, 5) is 73.5. The Morgan fingerprint density at radius 3 is 2.00 bits per heavy atom. The zero-order chi connectivity index (χ0) is 37.1. The molecule has 1 aliphatic heterocycles. The number of ether oxygens (including phenoxy) is 8. The molecule has 1 fully saturated rings. The predicted octanol–water partition coefficient (Wildman–Crippen LogP) is 4.25. The van der Waals surface area contributed by atoms with Crippen LogP contribution >= 0.6 is 0 Å². The number of esters is 5. The summed E-state index contributed by atoms with van der Waals surface area (Å²) in [5, 5.41) is 0.106. The van der Waals surface area contributed by atoms with Crippen LogP contribution in [0.2, 0.25) is 0 Å². The minimum absolute atomic E-state index is 0.0340. The van der Waals surface area contributed by atoms with E-state index in [4.69, 9.17) is 42.3 Å². The first-order chi connectivity index (χ1) is 23.5. The second-order valence-electron chi connectivity index (χ2n) is 11.7. The molecule has 0 N–H and O–H groups in total. The summed E-state index contributed by atoms with van der Waals surface area (Å²) in [6.07, 6.45) is -1.86. The van der Waals surface area contributed by atoms with Crippen LogP contribution in [0.4, 0.5) is 0 Å². The van der Waals surface area contributed by atoms with E-state index >= 15 is 0 Å². The van der Waals surface area contributed by atoms with Gasteiger partial charge in [-0.25, -0.2) is 4.79 Å². The lowest BCUT2D eigenvalue weighted by Crippen LogP contribution is -2.63. The van der Waals surface area contributed by atoms with Crippen LogP contribution in [0, 0.1) is 0 Å². The smallest absolute Gasteiger partial charge is 0.383 e. The maximum Gasteiger partial charge on any atom is 0.383 e. The van der Waals surface area contributed by atoms with Crippen molar-refractivity contribution < 1.29 is 66.3 Å². The van der Waals surface area contributed by atoms with Gasteiger partial charge in [0.15, 0.2) is 18.0 Å². The molecule has 0 saturated carbocycles. The van der Waals surface area contributed by atoms with Crippen LogP contribution in [0.15, 0.2) is 50.7 Å². The fourth-order valence-corrected chi connectivity index (χ4v) is 4.94. The fraction of sp³-hybridized carbons (Fsp3) is 0.486. The van der Waals surface area contributed by atoms with Crippen molar-refractivity contribution in [2.75, 3.05) is 13.2 Å². The molecular weight excluding hydrogens is 660 g/mol. The van der Waals surface area contributed by atoms with Gasteiger partial charge >= 0.3 is 35.5 Å². The van der Waals surface area contributed by atoms with Gasteiger partial charge in [-0.15, -0.1) is 0 Å². The number of benzene rings is 1. The minimum atomic E-state index is -1.73.